The second-order valence-corrected chi connectivity index (χ2v) is 4.89. The Kier molecular flexibility index (Phi) is 5.82. The first-order valence-corrected chi connectivity index (χ1v) is 6.69. The lowest BCUT2D eigenvalue weighted by Crippen LogP contribution is -2.39. The number of amides is 2. The summed E-state index contributed by atoms with van der Waals surface area (Å²) in [6.45, 7) is 4.87. The Morgan fingerprint density at radius 3 is 2.63 bits per heavy atom. The molecular weight excluding hydrogens is 244 g/mol. The van der Waals surface area contributed by atoms with Crippen molar-refractivity contribution < 1.29 is 9.90 Å². The van der Waals surface area contributed by atoms with Crippen LogP contribution >= 0.6 is 0 Å². The second-order valence-electron chi connectivity index (χ2n) is 4.89. The van der Waals surface area contributed by atoms with Gasteiger partial charge in [0.05, 0.1) is 11.9 Å². The second kappa shape index (κ2) is 7.13. The summed E-state index contributed by atoms with van der Waals surface area (Å²) < 4.78 is 1.63. The number of carbonyl (C=O) groups excluding carboxylic acids is 1. The van der Waals surface area contributed by atoms with E-state index in [-0.39, 0.29) is 18.1 Å². The summed E-state index contributed by atoms with van der Waals surface area (Å²) in [6.07, 6.45) is 5.89. The Morgan fingerprint density at radius 2 is 2.16 bits per heavy atom. The lowest BCUT2D eigenvalue weighted by atomic mass is 9.79. The topological polar surface area (TPSA) is 79.2 Å². The van der Waals surface area contributed by atoms with E-state index in [1.165, 1.54) is 0 Å². The molecule has 1 aromatic rings. The minimum absolute atomic E-state index is 0.0268. The molecule has 1 aromatic heterocycles. The highest BCUT2D eigenvalue weighted by atomic mass is 16.3. The smallest absolute Gasteiger partial charge is 0.319 e. The summed E-state index contributed by atoms with van der Waals surface area (Å²) in [7, 11) is 1.80. The Balaban J connectivity index is 2.47. The van der Waals surface area contributed by atoms with Crippen LogP contribution in [0.4, 0.5) is 10.5 Å². The maximum Gasteiger partial charge on any atom is 0.319 e. The molecule has 0 aliphatic rings. The van der Waals surface area contributed by atoms with E-state index in [0.717, 1.165) is 12.8 Å². The van der Waals surface area contributed by atoms with Crippen LogP contribution in [0, 0.1) is 5.41 Å². The fourth-order valence-corrected chi connectivity index (χ4v) is 2.11. The van der Waals surface area contributed by atoms with Crippen molar-refractivity contribution in [2.45, 2.75) is 33.1 Å². The molecule has 0 radical (unpaired) electrons. The number of rotatable bonds is 7. The molecule has 0 aliphatic carbocycles. The number of carbonyl (C=O) groups is 1. The standard InChI is InChI=1S/C13H24N4O2/c1-4-13(5-2,6-7-18)10-14-12(19)16-11-8-15-17(3)9-11/h8-9,18H,4-7,10H2,1-3H3,(H2,14,16,19). The molecule has 0 unspecified atom stereocenters. The van der Waals surface area contributed by atoms with Crippen LogP contribution in [-0.2, 0) is 7.05 Å². The molecule has 0 saturated carbocycles. The molecule has 108 valence electrons. The predicted molar refractivity (Wildman–Crippen MR) is 74.9 cm³/mol. The molecule has 0 aromatic carbocycles. The molecule has 0 bridgehead atoms. The third-order valence-electron chi connectivity index (χ3n) is 3.73. The van der Waals surface area contributed by atoms with Crippen LogP contribution in [0.5, 0.6) is 0 Å². The van der Waals surface area contributed by atoms with Gasteiger partial charge in [-0.3, -0.25) is 4.68 Å². The summed E-state index contributed by atoms with van der Waals surface area (Å²) in [4.78, 5) is 11.8. The fraction of sp³-hybridized carbons (Fsp3) is 0.692. The summed E-state index contributed by atoms with van der Waals surface area (Å²) in [5, 5.41) is 18.7. The monoisotopic (exact) mass is 268 g/mol. The maximum atomic E-state index is 11.8. The van der Waals surface area contributed by atoms with Gasteiger partial charge < -0.3 is 15.7 Å². The highest BCUT2D eigenvalue weighted by Gasteiger charge is 2.26. The molecule has 0 aliphatic heterocycles. The predicted octanol–water partition coefficient (Wildman–Crippen LogP) is 1.73. The summed E-state index contributed by atoms with van der Waals surface area (Å²) in [5.41, 5.74) is 0.641. The molecule has 1 heterocycles. The first-order chi connectivity index (χ1) is 9.05. The summed E-state index contributed by atoms with van der Waals surface area (Å²) in [6, 6.07) is -0.239. The largest absolute Gasteiger partial charge is 0.396 e. The van der Waals surface area contributed by atoms with Crippen molar-refractivity contribution in [1.29, 1.82) is 0 Å². The SMILES string of the molecule is CCC(CC)(CCO)CNC(=O)Nc1cnn(C)c1. The van der Waals surface area contributed by atoms with E-state index >= 15 is 0 Å². The number of anilines is 1. The van der Waals surface area contributed by atoms with E-state index in [2.05, 4.69) is 29.6 Å². The number of hydrogen-bond donors (Lipinski definition) is 3. The van der Waals surface area contributed by atoms with Gasteiger partial charge in [0.15, 0.2) is 0 Å². The zero-order valence-corrected chi connectivity index (χ0v) is 11.9. The van der Waals surface area contributed by atoms with Gasteiger partial charge in [-0.25, -0.2) is 4.79 Å². The average molecular weight is 268 g/mol. The number of aromatic nitrogens is 2. The molecule has 1 rings (SSSR count). The van der Waals surface area contributed by atoms with Gasteiger partial charge in [0.2, 0.25) is 0 Å². The van der Waals surface area contributed by atoms with Gasteiger partial charge in [-0.05, 0) is 24.7 Å². The molecule has 0 spiro atoms. The highest BCUT2D eigenvalue weighted by Crippen LogP contribution is 2.29. The van der Waals surface area contributed by atoms with Crippen LogP contribution in [0.1, 0.15) is 33.1 Å². The van der Waals surface area contributed by atoms with E-state index in [9.17, 15) is 4.79 Å². The van der Waals surface area contributed by atoms with E-state index in [0.29, 0.717) is 18.7 Å². The van der Waals surface area contributed by atoms with E-state index < -0.39 is 0 Å². The van der Waals surface area contributed by atoms with Crippen LogP contribution in [-0.4, -0.2) is 34.1 Å². The number of aliphatic hydroxyl groups is 1. The van der Waals surface area contributed by atoms with Crippen molar-refractivity contribution >= 4 is 11.7 Å². The highest BCUT2D eigenvalue weighted by molar-refractivity contribution is 5.88. The normalized spacial score (nSPS) is 11.4. The van der Waals surface area contributed by atoms with Crippen LogP contribution in [0.15, 0.2) is 12.4 Å². The van der Waals surface area contributed by atoms with Gasteiger partial charge in [-0.2, -0.15) is 5.10 Å². The van der Waals surface area contributed by atoms with E-state index in [1.807, 2.05) is 0 Å². The molecule has 0 atom stereocenters. The van der Waals surface area contributed by atoms with Gasteiger partial charge >= 0.3 is 6.03 Å². The number of hydrogen-bond acceptors (Lipinski definition) is 3. The van der Waals surface area contributed by atoms with Gasteiger partial charge in [0, 0.05) is 26.4 Å². The lowest BCUT2D eigenvalue weighted by molar-refractivity contribution is 0.165. The number of nitrogens with zero attached hydrogens (tertiary/aromatic N) is 2. The van der Waals surface area contributed by atoms with Crippen LogP contribution in [0.3, 0.4) is 0 Å². The van der Waals surface area contributed by atoms with Gasteiger partial charge in [0.25, 0.3) is 0 Å². The third-order valence-corrected chi connectivity index (χ3v) is 3.73. The van der Waals surface area contributed by atoms with E-state index in [4.69, 9.17) is 5.11 Å². The van der Waals surface area contributed by atoms with Crippen LogP contribution in [0.25, 0.3) is 0 Å². The Bertz CT molecular complexity index is 399. The summed E-state index contributed by atoms with van der Waals surface area (Å²) >= 11 is 0. The quantitative estimate of drug-likeness (QED) is 0.704. The first kappa shape index (κ1) is 15.5. The van der Waals surface area contributed by atoms with Crippen molar-refractivity contribution in [3.63, 3.8) is 0 Å². The molecule has 3 N–H and O–H groups in total. The zero-order valence-electron chi connectivity index (χ0n) is 11.9. The molecule has 19 heavy (non-hydrogen) atoms. The molecule has 0 fully saturated rings. The zero-order chi connectivity index (χ0) is 14.3. The van der Waals surface area contributed by atoms with Crippen molar-refractivity contribution in [1.82, 2.24) is 15.1 Å². The van der Waals surface area contributed by atoms with Crippen molar-refractivity contribution in [3.8, 4) is 0 Å². The first-order valence-electron chi connectivity index (χ1n) is 6.69. The maximum absolute atomic E-state index is 11.8. The fourth-order valence-electron chi connectivity index (χ4n) is 2.11. The minimum atomic E-state index is -0.239. The van der Waals surface area contributed by atoms with Crippen molar-refractivity contribution in [2.75, 3.05) is 18.5 Å². The Labute approximate surface area is 114 Å². The van der Waals surface area contributed by atoms with Gasteiger partial charge in [-0.15, -0.1) is 0 Å². The van der Waals surface area contributed by atoms with Gasteiger partial charge in [0.1, 0.15) is 0 Å². The Morgan fingerprint density at radius 1 is 1.47 bits per heavy atom. The van der Waals surface area contributed by atoms with Crippen LogP contribution in [0.2, 0.25) is 0 Å². The minimum Gasteiger partial charge on any atom is -0.396 e. The summed E-state index contributed by atoms with van der Waals surface area (Å²) in [5.74, 6) is 0. The molecular formula is C13H24N4O2. The number of aliphatic hydroxyl groups excluding tert-OH is 1. The van der Waals surface area contributed by atoms with E-state index in [1.54, 1.807) is 24.1 Å². The Hall–Kier alpha value is -1.56. The number of urea groups is 1. The van der Waals surface area contributed by atoms with Crippen molar-refractivity contribution in [3.05, 3.63) is 12.4 Å². The third kappa shape index (κ3) is 4.55. The molecule has 6 nitrogen and oxygen atoms in total. The lowest BCUT2D eigenvalue weighted by Gasteiger charge is -2.31. The van der Waals surface area contributed by atoms with Gasteiger partial charge in [-0.1, -0.05) is 13.8 Å². The number of nitrogens with one attached hydrogen (secondary N) is 2. The number of aryl methyl sites for hydroxylation is 1. The van der Waals surface area contributed by atoms with Crippen LogP contribution < -0.4 is 10.6 Å². The average Bonchev–Trinajstić information content (AvgIpc) is 2.80. The molecule has 2 amide bonds. The molecule has 0 saturated heterocycles. The van der Waals surface area contributed by atoms with Crippen molar-refractivity contribution in [2.24, 2.45) is 12.5 Å². The molecule has 6 heteroatoms.